The molecule has 0 fully saturated rings. The third kappa shape index (κ3) is 3.47. The Labute approximate surface area is 132 Å². The molecule has 1 aromatic heterocycles. The number of carbonyl (C=O) groups excluding carboxylic acids is 2. The van der Waals surface area contributed by atoms with E-state index in [1.165, 1.54) is 14.2 Å². The predicted octanol–water partition coefficient (Wildman–Crippen LogP) is 2.97. The van der Waals surface area contributed by atoms with Crippen LogP contribution in [0.5, 0.6) is 0 Å². The van der Waals surface area contributed by atoms with Gasteiger partial charge >= 0.3 is 11.9 Å². The van der Waals surface area contributed by atoms with Crippen molar-refractivity contribution in [1.29, 1.82) is 0 Å². The molecule has 0 aliphatic rings. The Morgan fingerprint density at radius 3 is 2.24 bits per heavy atom. The van der Waals surface area contributed by atoms with Crippen molar-refractivity contribution >= 4 is 40.0 Å². The largest absolute Gasteiger partial charge is 0.469 e. The van der Waals surface area contributed by atoms with Crippen LogP contribution in [0.25, 0.3) is 0 Å². The van der Waals surface area contributed by atoms with E-state index in [4.69, 9.17) is 16.3 Å². The van der Waals surface area contributed by atoms with Crippen LogP contribution in [0, 0.1) is 5.41 Å². The summed E-state index contributed by atoms with van der Waals surface area (Å²) in [5.41, 5.74) is -1.49. The Morgan fingerprint density at radius 2 is 1.76 bits per heavy atom. The third-order valence-corrected chi connectivity index (χ3v) is 4.97. The number of carbonyl (C=O) groups is 2. The number of nitrogens with one attached hydrogen (secondary N) is 1. The molecule has 0 aliphatic heterocycles. The molecule has 1 N–H and O–H groups in total. The first-order chi connectivity index (χ1) is 9.56. The summed E-state index contributed by atoms with van der Waals surface area (Å²) in [6.45, 7) is 7.22. The molecular weight excluding hydrogens is 316 g/mol. The first kappa shape index (κ1) is 17.7. The van der Waals surface area contributed by atoms with Crippen LogP contribution >= 0.6 is 22.9 Å². The zero-order valence-corrected chi connectivity index (χ0v) is 14.4. The molecule has 0 saturated carbocycles. The summed E-state index contributed by atoms with van der Waals surface area (Å²) in [5, 5.41) is 3.63. The summed E-state index contributed by atoms with van der Waals surface area (Å²) in [7, 11) is 2.62. The van der Waals surface area contributed by atoms with Crippen LogP contribution in [-0.2, 0) is 14.3 Å². The molecule has 0 bridgehead atoms. The van der Waals surface area contributed by atoms with Crippen molar-refractivity contribution in [3.8, 4) is 0 Å². The lowest BCUT2D eigenvalue weighted by Crippen LogP contribution is -2.51. The van der Waals surface area contributed by atoms with Crippen LogP contribution in [-0.4, -0.2) is 36.7 Å². The first-order valence-corrected chi connectivity index (χ1v) is 7.37. The van der Waals surface area contributed by atoms with Gasteiger partial charge in [-0.05, 0) is 27.7 Å². The maximum absolute atomic E-state index is 11.9. The molecule has 6 nitrogen and oxygen atoms in total. The quantitative estimate of drug-likeness (QED) is 0.834. The van der Waals surface area contributed by atoms with Crippen LogP contribution in [0.2, 0.25) is 5.15 Å². The van der Waals surface area contributed by atoms with Crippen molar-refractivity contribution in [3.63, 3.8) is 0 Å². The Morgan fingerprint density at radius 1 is 1.19 bits per heavy atom. The van der Waals surface area contributed by atoms with E-state index in [1.54, 1.807) is 13.8 Å². The summed E-state index contributed by atoms with van der Waals surface area (Å²) in [4.78, 5) is 27.7. The Balaban J connectivity index is 3.05. The topological polar surface area (TPSA) is 77.5 Å². The SMILES string of the molecule is COC(=O)c1sc(NC(C)(C)C(C)(C)C(=O)OC)nc1Cl. The second-order valence-electron chi connectivity index (χ2n) is 5.50. The molecule has 0 saturated heterocycles. The average molecular weight is 335 g/mol. The minimum Gasteiger partial charge on any atom is -0.469 e. The van der Waals surface area contributed by atoms with Gasteiger partial charge in [0.1, 0.15) is 0 Å². The maximum atomic E-state index is 11.9. The number of thiazole rings is 1. The number of aromatic nitrogens is 1. The van der Waals surface area contributed by atoms with Gasteiger partial charge in [0.15, 0.2) is 15.2 Å². The predicted molar refractivity (Wildman–Crippen MR) is 82.0 cm³/mol. The first-order valence-electron chi connectivity index (χ1n) is 6.18. The zero-order valence-electron chi connectivity index (χ0n) is 12.9. The van der Waals surface area contributed by atoms with Gasteiger partial charge < -0.3 is 14.8 Å². The lowest BCUT2D eigenvalue weighted by atomic mass is 9.74. The van der Waals surface area contributed by atoms with Gasteiger partial charge in [0.05, 0.1) is 19.6 Å². The highest BCUT2D eigenvalue weighted by Crippen LogP contribution is 2.37. The minimum absolute atomic E-state index is 0.0704. The standard InChI is InChI=1S/C13H19ClN2O4S/c1-12(2,10(18)20-6)13(3,4)16-11-15-8(14)7(21-11)9(17)19-5/h1-6H3,(H,15,16). The monoisotopic (exact) mass is 334 g/mol. The van der Waals surface area contributed by atoms with E-state index < -0.39 is 16.9 Å². The molecule has 21 heavy (non-hydrogen) atoms. The van der Waals surface area contributed by atoms with Gasteiger partial charge in [0.25, 0.3) is 0 Å². The van der Waals surface area contributed by atoms with Crippen LogP contribution in [0.1, 0.15) is 37.4 Å². The summed E-state index contributed by atoms with van der Waals surface area (Å²) >= 11 is 6.99. The number of nitrogens with zero attached hydrogens (tertiary/aromatic N) is 1. The number of esters is 2. The second-order valence-corrected chi connectivity index (χ2v) is 6.85. The van der Waals surface area contributed by atoms with E-state index in [9.17, 15) is 9.59 Å². The Kier molecular flexibility index (Phi) is 5.22. The molecule has 0 aromatic carbocycles. The number of ether oxygens (including phenoxy) is 2. The summed E-state index contributed by atoms with van der Waals surface area (Å²) in [5.74, 6) is -0.897. The van der Waals surface area contributed by atoms with Crippen LogP contribution in [0.3, 0.4) is 0 Å². The summed E-state index contributed by atoms with van der Waals surface area (Å²) in [6.07, 6.45) is 0. The number of anilines is 1. The fraction of sp³-hybridized carbons (Fsp3) is 0.615. The zero-order chi connectivity index (χ0) is 16.4. The van der Waals surface area contributed by atoms with E-state index in [2.05, 4.69) is 15.0 Å². The Bertz CT molecular complexity index is 554. The fourth-order valence-electron chi connectivity index (χ4n) is 1.51. The molecule has 0 atom stereocenters. The van der Waals surface area contributed by atoms with E-state index in [0.29, 0.717) is 5.13 Å². The van der Waals surface area contributed by atoms with Crippen LogP contribution in [0.15, 0.2) is 0 Å². The molecule has 0 radical (unpaired) electrons. The molecule has 1 heterocycles. The molecule has 0 amide bonds. The van der Waals surface area contributed by atoms with Gasteiger partial charge in [-0.3, -0.25) is 4.79 Å². The summed E-state index contributed by atoms with van der Waals surface area (Å²) < 4.78 is 9.46. The normalized spacial score (nSPS) is 12.0. The van der Waals surface area contributed by atoms with Crippen molar-refractivity contribution in [2.75, 3.05) is 19.5 Å². The average Bonchev–Trinajstić information content (AvgIpc) is 2.76. The Hall–Kier alpha value is -1.34. The minimum atomic E-state index is -0.814. The highest BCUT2D eigenvalue weighted by molar-refractivity contribution is 7.18. The molecule has 0 spiro atoms. The number of hydrogen-bond acceptors (Lipinski definition) is 7. The van der Waals surface area contributed by atoms with Crippen LogP contribution < -0.4 is 5.32 Å². The molecule has 1 aromatic rings. The second kappa shape index (κ2) is 6.19. The van der Waals surface area contributed by atoms with Crippen molar-refractivity contribution in [3.05, 3.63) is 10.0 Å². The highest BCUT2D eigenvalue weighted by atomic mass is 35.5. The number of halogens is 1. The van der Waals surface area contributed by atoms with Crippen molar-refractivity contribution in [2.24, 2.45) is 5.41 Å². The van der Waals surface area contributed by atoms with Gasteiger partial charge in [-0.25, -0.2) is 9.78 Å². The lowest BCUT2D eigenvalue weighted by Gasteiger charge is -2.39. The summed E-state index contributed by atoms with van der Waals surface area (Å²) in [6, 6.07) is 0. The molecule has 0 unspecified atom stereocenters. The fourth-order valence-corrected chi connectivity index (χ4v) is 2.77. The molecule has 1 rings (SSSR count). The van der Waals surface area contributed by atoms with Crippen molar-refractivity contribution in [1.82, 2.24) is 4.98 Å². The number of methoxy groups -OCH3 is 2. The van der Waals surface area contributed by atoms with Gasteiger partial charge in [0, 0.05) is 5.54 Å². The van der Waals surface area contributed by atoms with E-state index in [0.717, 1.165) is 11.3 Å². The van der Waals surface area contributed by atoms with E-state index in [1.807, 2.05) is 13.8 Å². The maximum Gasteiger partial charge on any atom is 0.351 e. The lowest BCUT2D eigenvalue weighted by molar-refractivity contribution is -0.153. The van der Waals surface area contributed by atoms with Gasteiger partial charge in [-0.1, -0.05) is 22.9 Å². The van der Waals surface area contributed by atoms with Gasteiger partial charge in [-0.2, -0.15) is 0 Å². The smallest absolute Gasteiger partial charge is 0.351 e. The molecule has 8 heteroatoms. The molecule has 118 valence electrons. The van der Waals surface area contributed by atoms with E-state index in [-0.39, 0.29) is 16.0 Å². The van der Waals surface area contributed by atoms with Crippen LogP contribution in [0.4, 0.5) is 5.13 Å². The van der Waals surface area contributed by atoms with Crippen molar-refractivity contribution in [2.45, 2.75) is 33.2 Å². The molecule has 0 aliphatic carbocycles. The van der Waals surface area contributed by atoms with Gasteiger partial charge in [0.2, 0.25) is 0 Å². The third-order valence-electron chi connectivity index (χ3n) is 3.63. The van der Waals surface area contributed by atoms with Gasteiger partial charge in [-0.15, -0.1) is 0 Å². The highest BCUT2D eigenvalue weighted by Gasteiger charge is 2.45. The number of hydrogen-bond donors (Lipinski definition) is 1. The number of rotatable bonds is 5. The van der Waals surface area contributed by atoms with E-state index >= 15 is 0 Å². The molecular formula is C13H19ClN2O4S. The van der Waals surface area contributed by atoms with Crippen molar-refractivity contribution < 1.29 is 19.1 Å².